The van der Waals surface area contributed by atoms with Crippen molar-refractivity contribution in [2.24, 2.45) is 5.73 Å². The summed E-state index contributed by atoms with van der Waals surface area (Å²) < 4.78 is 11.3. The molecular weight excluding hydrogens is 256 g/mol. The molecule has 1 aliphatic carbocycles. The summed E-state index contributed by atoms with van der Waals surface area (Å²) >= 11 is 0. The lowest BCUT2D eigenvalue weighted by Crippen LogP contribution is -2.39. The molecule has 0 spiro atoms. The molecule has 1 aromatic rings. The van der Waals surface area contributed by atoms with E-state index < -0.39 is 0 Å². The van der Waals surface area contributed by atoms with Crippen molar-refractivity contribution in [3.8, 4) is 0 Å². The van der Waals surface area contributed by atoms with Gasteiger partial charge in [-0.3, -0.25) is 4.90 Å². The minimum Gasteiger partial charge on any atom is -0.367 e. The monoisotopic (exact) mass is 280 g/mol. The van der Waals surface area contributed by atoms with Crippen molar-refractivity contribution in [1.29, 1.82) is 0 Å². The number of hydrogen-bond acceptors (Lipinski definition) is 6. The van der Waals surface area contributed by atoms with Crippen molar-refractivity contribution in [3.05, 3.63) is 11.7 Å². The Morgan fingerprint density at radius 2 is 2.35 bits per heavy atom. The number of ether oxygens (including phenoxy) is 1. The van der Waals surface area contributed by atoms with Gasteiger partial charge in [-0.15, -0.1) is 0 Å². The van der Waals surface area contributed by atoms with E-state index in [1.54, 1.807) is 0 Å². The molecule has 2 heterocycles. The second-order valence-corrected chi connectivity index (χ2v) is 6.13. The molecule has 3 rings (SSSR count). The SMILES string of the molecule is CCN1CCOC(c2noc(C3(C)CCCC3N)n2)C1. The van der Waals surface area contributed by atoms with Gasteiger partial charge in [0.15, 0.2) is 0 Å². The standard InChI is InChI=1S/C14H24N4O2/c1-3-18-7-8-19-10(9-18)12-16-13(20-17-12)14(2)6-4-5-11(14)15/h10-11H,3-9,15H2,1-2H3. The fraction of sp³-hybridized carbons (Fsp3) is 0.857. The van der Waals surface area contributed by atoms with Crippen LogP contribution in [0.2, 0.25) is 0 Å². The topological polar surface area (TPSA) is 77.4 Å². The van der Waals surface area contributed by atoms with Crippen molar-refractivity contribution in [3.63, 3.8) is 0 Å². The number of aromatic nitrogens is 2. The van der Waals surface area contributed by atoms with Gasteiger partial charge in [-0.2, -0.15) is 4.98 Å². The molecule has 2 N–H and O–H groups in total. The van der Waals surface area contributed by atoms with Crippen molar-refractivity contribution in [1.82, 2.24) is 15.0 Å². The van der Waals surface area contributed by atoms with Crippen LogP contribution in [0.5, 0.6) is 0 Å². The Bertz CT molecular complexity index is 464. The smallest absolute Gasteiger partial charge is 0.234 e. The maximum Gasteiger partial charge on any atom is 0.234 e. The van der Waals surface area contributed by atoms with Crippen molar-refractivity contribution >= 4 is 0 Å². The highest BCUT2D eigenvalue weighted by atomic mass is 16.5. The van der Waals surface area contributed by atoms with Gasteiger partial charge < -0.3 is 15.0 Å². The molecule has 0 amide bonds. The Labute approximate surface area is 119 Å². The van der Waals surface area contributed by atoms with Gasteiger partial charge in [0.1, 0.15) is 6.10 Å². The van der Waals surface area contributed by atoms with Crippen LogP contribution >= 0.6 is 0 Å². The lowest BCUT2D eigenvalue weighted by atomic mass is 9.85. The molecule has 1 saturated carbocycles. The summed E-state index contributed by atoms with van der Waals surface area (Å²) in [5, 5.41) is 4.14. The molecule has 1 saturated heterocycles. The fourth-order valence-corrected chi connectivity index (χ4v) is 3.20. The first-order valence-electron chi connectivity index (χ1n) is 7.57. The highest BCUT2D eigenvalue weighted by Crippen LogP contribution is 2.39. The van der Waals surface area contributed by atoms with Gasteiger partial charge in [0.25, 0.3) is 0 Å². The maximum absolute atomic E-state index is 6.21. The molecule has 0 bridgehead atoms. The number of hydrogen-bond donors (Lipinski definition) is 1. The molecule has 6 nitrogen and oxygen atoms in total. The van der Waals surface area contributed by atoms with Gasteiger partial charge in [-0.1, -0.05) is 18.5 Å². The molecular formula is C14H24N4O2. The predicted molar refractivity (Wildman–Crippen MR) is 74.3 cm³/mol. The maximum atomic E-state index is 6.21. The van der Waals surface area contributed by atoms with Crippen molar-refractivity contribution < 1.29 is 9.26 Å². The van der Waals surface area contributed by atoms with E-state index >= 15 is 0 Å². The highest BCUT2D eigenvalue weighted by molar-refractivity contribution is 5.12. The normalized spacial score (nSPS) is 35.5. The molecule has 3 unspecified atom stereocenters. The molecule has 0 aromatic carbocycles. The minimum atomic E-state index is -0.176. The number of rotatable bonds is 3. The Morgan fingerprint density at radius 3 is 3.05 bits per heavy atom. The molecule has 1 aliphatic heterocycles. The van der Waals surface area contributed by atoms with Crippen molar-refractivity contribution in [2.45, 2.75) is 50.7 Å². The number of likely N-dealkylation sites (N-methyl/N-ethyl adjacent to an activating group) is 1. The van der Waals surface area contributed by atoms with Gasteiger partial charge in [-0.05, 0) is 26.3 Å². The van der Waals surface area contributed by atoms with E-state index in [9.17, 15) is 0 Å². The molecule has 20 heavy (non-hydrogen) atoms. The first kappa shape index (κ1) is 14.0. The molecule has 0 radical (unpaired) electrons. The first-order valence-corrected chi connectivity index (χ1v) is 7.57. The third-order valence-corrected chi connectivity index (χ3v) is 4.85. The number of nitrogens with zero attached hydrogens (tertiary/aromatic N) is 3. The fourth-order valence-electron chi connectivity index (χ4n) is 3.20. The average molecular weight is 280 g/mol. The number of nitrogens with two attached hydrogens (primary N) is 1. The van der Waals surface area contributed by atoms with Crippen LogP contribution in [0.3, 0.4) is 0 Å². The summed E-state index contributed by atoms with van der Waals surface area (Å²) in [7, 11) is 0. The molecule has 6 heteroatoms. The molecule has 3 atom stereocenters. The lowest BCUT2D eigenvalue weighted by molar-refractivity contribution is -0.0334. The van der Waals surface area contributed by atoms with Crippen molar-refractivity contribution in [2.75, 3.05) is 26.2 Å². The van der Waals surface area contributed by atoms with Crippen LogP contribution in [0.4, 0.5) is 0 Å². The van der Waals surface area contributed by atoms with E-state index in [1.165, 1.54) is 0 Å². The zero-order chi connectivity index (χ0) is 14.2. The summed E-state index contributed by atoms with van der Waals surface area (Å²) in [6.07, 6.45) is 3.08. The van der Waals surface area contributed by atoms with E-state index in [0.29, 0.717) is 11.7 Å². The lowest BCUT2D eigenvalue weighted by Gasteiger charge is -2.30. The zero-order valence-corrected chi connectivity index (χ0v) is 12.3. The van der Waals surface area contributed by atoms with Crippen LogP contribution in [0.1, 0.15) is 50.9 Å². The van der Waals surface area contributed by atoms with Crippen LogP contribution in [-0.4, -0.2) is 47.3 Å². The Balaban J connectivity index is 1.76. The first-order chi connectivity index (χ1) is 9.63. The van der Waals surface area contributed by atoms with E-state index in [1.807, 2.05) is 0 Å². The Hall–Kier alpha value is -0.980. The van der Waals surface area contributed by atoms with Gasteiger partial charge in [-0.25, -0.2) is 0 Å². The highest BCUT2D eigenvalue weighted by Gasteiger charge is 2.43. The molecule has 2 fully saturated rings. The van der Waals surface area contributed by atoms with E-state index in [-0.39, 0.29) is 17.6 Å². The average Bonchev–Trinajstić information content (AvgIpc) is 3.08. The van der Waals surface area contributed by atoms with Gasteiger partial charge >= 0.3 is 0 Å². The van der Waals surface area contributed by atoms with Crippen LogP contribution in [0, 0.1) is 0 Å². The van der Waals surface area contributed by atoms with Gasteiger partial charge in [0.2, 0.25) is 11.7 Å². The molecule has 2 aliphatic rings. The van der Waals surface area contributed by atoms with E-state index in [4.69, 9.17) is 15.0 Å². The summed E-state index contributed by atoms with van der Waals surface area (Å²) in [5.74, 6) is 1.34. The third-order valence-electron chi connectivity index (χ3n) is 4.85. The molecule has 112 valence electrons. The summed E-state index contributed by atoms with van der Waals surface area (Å²) in [6, 6.07) is 0.107. The largest absolute Gasteiger partial charge is 0.367 e. The van der Waals surface area contributed by atoms with Crippen LogP contribution in [0.15, 0.2) is 4.52 Å². The molecule has 1 aromatic heterocycles. The van der Waals surface area contributed by atoms with E-state index in [0.717, 1.165) is 45.5 Å². The van der Waals surface area contributed by atoms with Crippen LogP contribution in [0.25, 0.3) is 0 Å². The summed E-state index contributed by atoms with van der Waals surface area (Å²) in [4.78, 5) is 6.94. The zero-order valence-electron chi connectivity index (χ0n) is 12.3. The Kier molecular flexibility index (Phi) is 3.79. The third kappa shape index (κ3) is 2.36. The van der Waals surface area contributed by atoms with Crippen LogP contribution in [-0.2, 0) is 10.2 Å². The second-order valence-electron chi connectivity index (χ2n) is 6.13. The number of morpholine rings is 1. The predicted octanol–water partition coefficient (Wildman–Crippen LogP) is 1.23. The quantitative estimate of drug-likeness (QED) is 0.897. The van der Waals surface area contributed by atoms with Crippen LogP contribution < -0.4 is 5.73 Å². The van der Waals surface area contributed by atoms with Gasteiger partial charge in [0, 0.05) is 19.1 Å². The minimum absolute atomic E-state index is 0.0811. The summed E-state index contributed by atoms with van der Waals surface area (Å²) in [5.41, 5.74) is 6.03. The second kappa shape index (κ2) is 5.42. The van der Waals surface area contributed by atoms with Gasteiger partial charge in [0.05, 0.1) is 12.0 Å². The Morgan fingerprint density at radius 1 is 1.50 bits per heavy atom. The summed E-state index contributed by atoms with van der Waals surface area (Å²) in [6.45, 7) is 7.83. The van der Waals surface area contributed by atoms with E-state index in [2.05, 4.69) is 28.9 Å².